The van der Waals surface area contributed by atoms with Gasteiger partial charge in [0.1, 0.15) is 0 Å². The summed E-state index contributed by atoms with van der Waals surface area (Å²) >= 11 is 1.10. The topological polar surface area (TPSA) is 110 Å². The molecule has 0 saturated heterocycles. The van der Waals surface area contributed by atoms with E-state index in [-0.39, 0.29) is 29.5 Å². The number of carbonyl (C=O) groups excluding carboxylic acids is 2. The first-order valence-corrected chi connectivity index (χ1v) is 9.50. The van der Waals surface area contributed by atoms with Crippen LogP contribution in [-0.2, 0) is 9.59 Å². The van der Waals surface area contributed by atoms with Crippen LogP contribution in [0.4, 0.5) is 5.69 Å². The van der Waals surface area contributed by atoms with E-state index in [0.29, 0.717) is 5.76 Å². The van der Waals surface area contributed by atoms with E-state index in [1.807, 2.05) is 32.0 Å². The zero-order valence-electron chi connectivity index (χ0n) is 15.7. The quantitative estimate of drug-likeness (QED) is 0.586. The van der Waals surface area contributed by atoms with Gasteiger partial charge in [-0.1, -0.05) is 30.0 Å². The minimum absolute atomic E-state index is 0.126. The van der Waals surface area contributed by atoms with E-state index in [1.54, 1.807) is 19.1 Å². The molecule has 0 aliphatic heterocycles. The molecular formula is C19H20N4O4S. The van der Waals surface area contributed by atoms with Gasteiger partial charge < -0.3 is 19.5 Å². The number of nitrogens with one attached hydrogen (secondary N) is 2. The number of thioether (sulfide) groups is 1. The van der Waals surface area contributed by atoms with Gasteiger partial charge in [-0.2, -0.15) is 0 Å². The molecule has 3 rings (SSSR count). The van der Waals surface area contributed by atoms with Crippen molar-refractivity contribution in [3.63, 3.8) is 0 Å². The van der Waals surface area contributed by atoms with Crippen LogP contribution in [0.25, 0.3) is 11.7 Å². The number of carbonyl (C=O) groups is 2. The molecule has 1 aromatic carbocycles. The van der Waals surface area contributed by atoms with Crippen molar-refractivity contribution in [1.29, 1.82) is 0 Å². The second kappa shape index (κ2) is 8.75. The highest BCUT2D eigenvalue weighted by atomic mass is 32.2. The lowest BCUT2D eigenvalue weighted by Gasteiger charge is -2.13. The average Bonchev–Trinajstić information content (AvgIpc) is 3.34. The van der Waals surface area contributed by atoms with E-state index in [0.717, 1.165) is 28.6 Å². The number of hydrogen-bond donors (Lipinski definition) is 2. The summed E-state index contributed by atoms with van der Waals surface area (Å²) in [5.41, 5.74) is 2.69. The maximum Gasteiger partial charge on any atom is 0.284 e. The predicted octanol–water partition coefficient (Wildman–Crippen LogP) is 3.18. The molecule has 146 valence electrons. The number of anilines is 1. The molecule has 0 aliphatic carbocycles. The van der Waals surface area contributed by atoms with Gasteiger partial charge in [-0.05, 0) is 44.0 Å². The first kappa shape index (κ1) is 19.7. The SMILES string of the molecule is Cc1cccc(C)c1NC(=O)CNC(=O)[C@H](C)Sc1nnc(-c2ccco2)o1. The first-order valence-electron chi connectivity index (χ1n) is 8.62. The average molecular weight is 400 g/mol. The van der Waals surface area contributed by atoms with Gasteiger partial charge in [-0.3, -0.25) is 9.59 Å². The second-order valence-corrected chi connectivity index (χ2v) is 7.44. The highest BCUT2D eigenvalue weighted by molar-refractivity contribution is 8.00. The maximum atomic E-state index is 12.3. The molecule has 2 amide bonds. The smallest absolute Gasteiger partial charge is 0.284 e. The van der Waals surface area contributed by atoms with Crippen LogP contribution < -0.4 is 10.6 Å². The maximum absolute atomic E-state index is 12.3. The van der Waals surface area contributed by atoms with Crippen molar-refractivity contribution in [2.45, 2.75) is 31.2 Å². The minimum Gasteiger partial charge on any atom is -0.459 e. The standard InChI is InChI=1S/C19H20N4O4S/c1-11-6-4-7-12(2)16(11)21-15(24)10-20-17(25)13(3)28-19-23-22-18(27-19)14-8-5-9-26-14/h4-9,13H,10H2,1-3H3,(H,20,25)(H,21,24)/t13-/m0/s1. The van der Waals surface area contributed by atoms with Crippen molar-refractivity contribution in [2.75, 3.05) is 11.9 Å². The van der Waals surface area contributed by atoms with Crippen LogP contribution >= 0.6 is 11.8 Å². The van der Waals surface area contributed by atoms with Gasteiger partial charge in [0.25, 0.3) is 11.1 Å². The molecule has 8 nitrogen and oxygen atoms in total. The number of benzene rings is 1. The lowest BCUT2D eigenvalue weighted by atomic mass is 10.1. The Bertz CT molecular complexity index is 948. The molecule has 0 unspecified atom stereocenters. The number of aryl methyl sites for hydroxylation is 2. The summed E-state index contributed by atoms with van der Waals surface area (Å²) < 4.78 is 10.7. The molecule has 0 fully saturated rings. The third kappa shape index (κ3) is 4.80. The fourth-order valence-corrected chi connectivity index (χ4v) is 3.18. The lowest BCUT2D eigenvalue weighted by molar-refractivity contribution is -0.123. The van der Waals surface area contributed by atoms with E-state index in [1.165, 1.54) is 6.26 Å². The largest absolute Gasteiger partial charge is 0.459 e. The molecule has 3 aromatic rings. The van der Waals surface area contributed by atoms with Crippen LogP contribution in [0.2, 0.25) is 0 Å². The third-order valence-electron chi connectivity index (χ3n) is 3.95. The van der Waals surface area contributed by atoms with Gasteiger partial charge in [-0.15, -0.1) is 10.2 Å². The molecule has 28 heavy (non-hydrogen) atoms. The number of amides is 2. The lowest BCUT2D eigenvalue weighted by Crippen LogP contribution is -2.37. The van der Waals surface area contributed by atoms with Crippen LogP contribution in [0.1, 0.15) is 18.1 Å². The number of para-hydroxylation sites is 1. The van der Waals surface area contributed by atoms with Crippen molar-refractivity contribution >= 4 is 29.3 Å². The molecule has 2 N–H and O–H groups in total. The summed E-state index contributed by atoms with van der Waals surface area (Å²) in [7, 11) is 0. The van der Waals surface area contributed by atoms with Crippen LogP contribution in [0.5, 0.6) is 0 Å². The zero-order chi connectivity index (χ0) is 20.1. The number of nitrogens with zero attached hydrogens (tertiary/aromatic N) is 2. The van der Waals surface area contributed by atoms with Gasteiger partial charge in [0.2, 0.25) is 11.8 Å². The number of rotatable bonds is 7. The van der Waals surface area contributed by atoms with Crippen molar-refractivity contribution in [1.82, 2.24) is 15.5 Å². The fourth-order valence-electron chi connectivity index (χ4n) is 2.47. The number of hydrogen-bond acceptors (Lipinski definition) is 7. The number of aromatic nitrogens is 2. The Morgan fingerprint density at radius 3 is 2.57 bits per heavy atom. The van der Waals surface area contributed by atoms with Crippen LogP contribution in [0.3, 0.4) is 0 Å². The second-order valence-electron chi connectivity index (χ2n) is 6.14. The van der Waals surface area contributed by atoms with Crippen LogP contribution in [-0.4, -0.2) is 33.8 Å². The molecule has 0 radical (unpaired) electrons. The Labute approximate surface area is 166 Å². The van der Waals surface area contributed by atoms with Gasteiger partial charge in [0.15, 0.2) is 5.76 Å². The summed E-state index contributed by atoms with van der Waals surface area (Å²) in [5, 5.41) is 12.9. The summed E-state index contributed by atoms with van der Waals surface area (Å²) in [6.45, 7) is 5.40. The molecular weight excluding hydrogens is 380 g/mol. The molecule has 0 spiro atoms. The fraction of sp³-hybridized carbons (Fsp3) is 0.263. The predicted molar refractivity (Wildman–Crippen MR) is 105 cm³/mol. The zero-order valence-corrected chi connectivity index (χ0v) is 16.5. The summed E-state index contributed by atoms with van der Waals surface area (Å²) in [6.07, 6.45) is 1.51. The molecule has 1 atom stereocenters. The Balaban J connectivity index is 1.50. The monoisotopic (exact) mass is 400 g/mol. The van der Waals surface area contributed by atoms with Gasteiger partial charge >= 0.3 is 0 Å². The number of furan rings is 1. The van der Waals surface area contributed by atoms with E-state index < -0.39 is 5.25 Å². The molecule has 0 bridgehead atoms. The highest BCUT2D eigenvalue weighted by Crippen LogP contribution is 2.26. The van der Waals surface area contributed by atoms with E-state index in [4.69, 9.17) is 8.83 Å². The van der Waals surface area contributed by atoms with E-state index >= 15 is 0 Å². The van der Waals surface area contributed by atoms with E-state index in [9.17, 15) is 9.59 Å². The van der Waals surface area contributed by atoms with Crippen LogP contribution in [0.15, 0.2) is 50.7 Å². The van der Waals surface area contributed by atoms with Gasteiger partial charge in [-0.25, -0.2) is 0 Å². The summed E-state index contributed by atoms with van der Waals surface area (Å²) in [4.78, 5) is 24.4. The molecule has 2 aromatic heterocycles. The Morgan fingerprint density at radius 1 is 1.14 bits per heavy atom. The molecule has 2 heterocycles. The highest BCUT2D eigenvalue weighted by Gasteiger charge is 2.20. The molecule has 0 aliphatic rings. The van der Waals surface area contributed by atoms with Crippen molar-refractivity contribution in [2.24, 2.45) is 0 Å². The normalized spacial score (nSPS) is 11.8. The Kier molecular flexibility index (Phi) is 6.15. The Morgan fingerprint density at radius 2 is 1.89 bits per heavy atom. The van der Waals surface area contributed by atoms with Crippen molar-refractivity contribution < 1.29 is 18.4 Å². The summed E-state index contributed by atoms with van der Waals surface area (Å²) in [5.74, 6) is 0.105. The van der Waals surface area contributed by atoms with Crippen LogP contribution in [0, 0.1) is 13.8 Å². The van der Waals surface area contributed by atoms with Crippen molar-refractivity contribution in [3.8, 4) is 11.7 Å². The summed E-state index contributed by atoms with van der Waals surface area (Å²) in [6, 6.07) is 9.18. The van der Waals surface area contributed by atoms with Crippen molar-refractivity contribution in [3.05, 3.63) is 47.7 Å². The third-order valence-corrected chi connectivity index (χ3v) is 4.89. The van der Waals surface area contributed by atoms with E-state index in [2.05, 4.69) is 20.8 Å². The van der Waals surface area contributed by atoms with Gasteiger partial charge in [0.05, 0.1) is 18.1 Å². The molecule has 0 saturated carbocycles. The van der Waals surface area contributed by atoms with Gasteiger partial charge in [0, 0.05) is 5.69 Å². The minimum atomic E-state index is -0.516. The Hall–Kier alpha value is -3.07. The molecule has 9 heteroatoms. The first-order chi connectivity index (χ1) is 13.4.